The quantitative estimate of drug-likeness (QED) is 0.841. The molecule has 0 fully saturated rings. The molecule has 0 aromatic carbocycles. The topological polar surface area (TPSA) is 65.1 Å². The predicted octanol–water partition coefficient (Wildman–Crippen LogP) is 1.99. The Labute approximate surface area is 119 Å². The Morgan fingerprint density at radius 3 is 2.55 bits per heavy atom. The molecule has 1 unspecified atom stereocenters. The number of hydrogen-bond acceptors (Lipinski definition) is 4. The largest absolute Gasteiger partial charge is 0.493 e. The molecule has 2 aromatic heterocycles. The third-order valence-electron chi connectivity index (χ3n) is 3.22. The van der Waals surface area contributed by atoms with E-state index in [1.165, 1.54) is 0 Å². The van der Waals surface area contributed by atoms with Crippen LogP contribution in [0.15, 0.2) is 18.5 Å². The van der Waals surface area contributed by atoms with Crippen LogP contribution in [0.25, 0.3) is 0 Å². The molecule has 0 saturated heterocycles. The molecular formula is C14H22N4O2. The molecule has 0 saturated carbocycles. The molecule has 0 amide bonds. The highest BCUT2D eigenvalue weighted by Gasteiger charge is 2.24. The van der Waals surface area contributed by atoms with E-state index in [1.807, 2.05) is 10.7 Å². The van der Waals surface area contributed by atoms with Crippen molar-refractivity contribution in [2.24, 2.45) is 0 Å². The lowest BCUT2D eigenvalue weighted by Crippen LogP contribution is -2.15. The van der Waals surface area contributed by atoms with E-state index in [0.29, 0.717) is 11.4 Å². The maximum absolute atomic E-state index is 10.7. The SMILES string of the molecule is CCCn1nccc1C(O)c1c(OC)cnn1CCC. The number of aliphatic hydroxyl groups is 1. The molecule has 0 bridgehead atoms. The highest BCUT2D eigenvalue weighted by molar-refractivity contribution is 5.32. The van der Waals surface area contributed by atoms with Crippen LogP contribution < -0.4 is 4.74 Å². The van der Waals surface area contributed by atoms with Gasteiger partial charge in [-0.25, -0.2) is 0 Å². The van der Waals surface area contributed by atoms with Gasteiger partial charge in [-0.3, -0.25) is 9.36 Å². The number of aryl methyl sites for hydroxylation is 2. The standard InChI is InChI=1S/C14H22N4O2/c1-4-8-17-11(6-7-15-17)14(19)13-12(20-3)10-16-18(13)9-5-2/h6-7,10,14,19H,4-5,8-9H2,1-3H3. The molecule has 6 heteroatoms. The summed E-state index contributed by atoms with van der Waals surface area (Å²) in [6, 6.07) is 1.84. The number of aromatic nitrogens is 4. The molecular weight excluding hydrogens is 256 g/mol. The number of rotatable bonds is 7. The van der Waals surface area contributed by atoms with Crippen molar-refractivity contribution in [3.8, 4) is 5.75 Å². The molecule has 0 aliphatic rings. The first kappa shape index (κ1) is 14.6. The summed E-state index contributed by atoms with van der Waals surface area (Å²) in [6.07, 6.45) is 4.48. The minimum absolute atomic E-state index is 0.607. The molecule has 0 spiro atoms. The summed E-state index contributed by atoms with van der Waals surface area (Å²) in [4.78, 5) is 0. The summed E-state index contributed by atoms with van der Waals surface area (Å²) in [6.45, 7) is 5.69. The zero-order chi connectivity index (χ0) is 14.5. The van der Waals surface area contributed by atoms with Gasteiger partial charge in [-0.2, -0.15) is 10.2 Å². The van der Waals surface area contributed by atoms with Crippen LogP contribution in [0, 0.1) is 0 Å². The summed E-state index contributed by atoms with van der Waals surface area (Å²) in [5.41, 5.74) is 1.45. The molecule has 1 N–H and O–H groups in total. The molecule has 0 aliphatic carbocycles. The van der Waals surface area contributed by atoms with Crippen molar-refractivity contribution >= 4 is 0 Å². The first-order valence-corrected chi connectivity index (χ1v) is 7.02. The van der Waals surface area contributed by atoms with Crippen LogP contribution in [0.1, 0.15) is 44.2 Å². The van der Waals surface area contributed by atoms with Crippen molar-refractivity contribution in [2.45, 2.75) is 45.9 Å². The fourth-order valence-electron chi connectivity index (χ4n) is 2.31. The van der Waals surface area contributed by atoms with E-state index in [9.17, 15) is 5.11 Å². The number of hydrogen-bond donors (Lipinski definition) is 1. The Kier molecular flexibility index (Phi) is 4.79. The predicted molar refractivity (Wildman–Crippen MR) is 75.6 cm³/mol. The van der Waals surface area contributed by atoms with Crippen molar-refractivity contribution in [1.29, 1.82) is 0 Å². The van der Waals surface area contributed by atoms with Crippen molar-refractivity contribution in [2.75, 3.05) is 7.11 Å². The van der Waals surface area contributed by atoms with Gasteiger partial charge in [0.15, 0.2) is 5.75 Å². The van der Waals surface area contributed by atoms with E-state index in [1.54, 1.807) is 24.2 Å². The molecule has 2 rings (SSSR count). The Morgan fingerprint density at radius 2 is 1.90 bits per heavy atom. The lowest BCUT2D eigenvalue weighted by molar-refractivity contribution is 0.190. The highest BCUT2D eigenvalue weighted by Crippen LogP contribution is 2.30. The van der Waals surface area contributed by atoms with Gasteiger partial charge in [0.05, 0.1) is 19.0 Å². The Morgan fingerprint density at radius 1 is 1.20 bits per heavy atom. The van der Waals surface area contributed by atoms with Gasteiger partial charge in [-0.15, -0.1) is 0 Å². The second kappa shape index (κ2) is 6.56. The van der Waals surface area contributed by atoms with E-state index in [-0.39, 0.29) is 0 Å². The van der Waals surface area contributed by atoms with Gasteiger partial charge in [0.2, 0.25) is 0 Å². The van der Waals surface area contributed by atoms with E-state index in [0.717, 1.165) is 31.6 Å². The monoisotopic (exact) mass is 278 g/mol. The van der Waals surface area contributed by atoms with Crippen molar-refractivity contribution < 1.29 is 9.84 Å². The van der Waals surface area contributed by atoms with Crippen LogP contribution in [0.5, 0.6) is 5.75 Å². The maximum Gasteiger partial charge on any atom is 0.163 e. The Hall–Kier alpha value is -1.82. The van der Waals surface area contributed by atoms with E-state index < -0.39 is 6.10 Å². The van der Waals surface area contributed by atoms with Crippen LogP contribution in [-0.2, 0) is 13.1 Å². The van der Waals surface area contributed by atoms with Gasteiger partial charge in [0.25, 0.3) is 0 Å². The van der Waals surface area contributed by atoms with Crippen molar-refractivity contribution in [3.63, 3.8) is 0 Å². The number of aliphatic hydroxyl groups excluding tert-OH is 1. The molecule has 1 atom stereocenters. The summed E-state index contributed by atoms with van der Waals surface area (Å²) in [5, 5.41) is 19.2. The summed E-state index contributed by atoms with van der Waals surface area (Å²) < 4.78 is 8.94. The molecule has 2 aromatic rings. The van der Waals surface area contributed by atoms with Crippen LogP contribution in [0.2, 0.25) is 0 Å². The Bertz CT molecular complexity index is 547. The van der Waals surface area contributed by atoms with Gasteiger partial charge >= 0.3 is 0 Å². The van der Waals surface area contributed by atoms with Gasteiger partial charge in [0, 0.05) is 19.3 Å². The van der Waals surface area contributed by atoms with Crippen molar-refractivity contribution in [3.05, 3.63) is 29.8 Å². The molecule has 0 aliphatic heterocycles. The van der Waals surface area contributed by atoms with E-state index >= 15 is 0 Å². The first-order chi connectivity index (χ1) is 9.72. The molecule has 0 radical (unpaired) electrons. The van der Waals surface area contributed by atoms with Gasteiger partial charge in [-0.05, 0) is 18.9 Å². The van der Waals surface area contributed by atoms with Gasteiger partial charge < -0.3 is 9.84 Å². The Balaban J connectivity index is 2.38. The number of ether oxygens (including phenoxy) is 1. The van der Waals surface area contributed by atoms with E-state index in [4.69, 9.17) is 4.74 Å². The van der Waals surface area contributed by atoms with Crippen LogP contribution in [0.4, 0.5) is 0 Å². The fraction of sp³-hybridized carbons (Fsp3) is 0.571. The number of methoxy groups -OCH3 is 1. The van der Waals surface area contributed by atoms with Gasteiger partial charge in [-0.1, -0.05) is 13.8 Å². The second-order valence-corrected chi connectivity index (χ2v) is 4.70. The third kappa shape index (κ3) is 2.70. The van der Waals surface area contributed by atoms with Gasteiger partial charge in [0.1, 0.15) is 11.8 Å². The zero-order valence-electron chi connectivity index (χ0n) is 12.3. The summed E-state index contributed by atoms with van der Waals surface area (Å²) in [5.74, 6) is 0.607. The molecule has 6 nitrogen and oxygen atoms in total. The van der Waals surface area contributed by atoms with Crippen molar-refractivity contribution in [1.82, 2.24) is 19.6 Å². The lowest BCUT2D eigenvalue weighted by atomic mass is 10.1. The fourth-order valence-corrected chi connectivity index (χ4v) is 2.31. The minimum Gasteiger partial charge on any atom is -0.493 e. The molecule has 2 heterocycles. The first-order valence-electron chi connectivity index (χ1n) is 7.02. The zero-order valence-corrected chi connectivity index (χ0v) is 12.3. The maximum atomic E-state index is 10.7. The normalized spacial score (nSPS) is 12.6. The smallest absolute Gasteiger partial charge is 0.163 e. The minimum atomic E-state index is -0.784. The van der Waals surface area contributed by atoms with E-state index in [2.05, 4.69) is 24.0 Å². The van der Waals surface area contributed by atoms with Crippen LogP contribution >= 0.6 is 0 Å². The average molecular weight is 278 g/mol. The van der Waals surface area contributed by atoms with Crippen LogP contribution in [0.3, 0.4) is 0 Å². The average Bonchev–Trinajstić information content (AvgIpc) is 3.05. The third-order valence-corrected chi connectivity index (χ3v) is 3.22. The highest BCUT2D eigenvalue weighted by atomic mass is 16.5. The summed E-state index contributed by atoms with van der Waals surface area (Å²) in [7, 11) is 1.59. The lowest BCUT2D eigenvalue weighted by Gasteiger charge is -2.16. The van der Waals surface area contributed by atoms with Crippen LogP contribution in [-0.4, -0.2) is 31.8 Å². The second-order valence-electron chi connectivity index (χ2n) is 4.70. The summed E-state index contributed by atoms with van der Waals surface area (Å²) >= 11 is 0. The number of nitrogens with zero attached hydrogens (tertiary/aromatic N) is 4. The molecule has 20 heavy (non-hydrogen) atoms. The molecule has 110 valence electrons.